The molecule has 7 heteroatoms. The Hall–Kier alpha value is -3.24. The lowest BCUT2D eigenvalue weighted by Crippen LogP contribution is -2.32. The first kappa shape index (κ1) is 20.5. The smallest absolute Gasteiger partial charge is 0.230 e. The Labute approximate surface area is 173 Å². The van der Waals surface area contributed by atoms with Gasteiger partial charge in [-0.25, -0.2) is 0 Å². The number of allylic oxidation sites excluding steroid dienone is 1. The zero-order valence-electron chi connectivity index (χ0n) is 16.0. The van der Waals surface area contributed by atoms with Crippen molar-refractivity contribution in [3.05, 3.63) is 76.3 Å². The van der Waals surface area contributed by atoms with Crippen molar-refractivity contribution in [3.63, 3.8) is 0 Å². The van der Waals surface area contributed by atoms with Crippen LogP contribution in [0.3, 0.4) is 0 Å². The molecule has 0 bridgehead atoms. The minimum absolute atomic E-state index is 0.103. The Balaban J connectivity index is 1.72. The van der Waals surface area contributed by atoms with E-state index >= 15 is 0 Å². The Morgan fingerprint density at radius 3 is 2.69 bits per heavy atom. The molecule has 6 nitrogen and oxygen atoms in total. The number of nitrogens with zero attached hydrogens (tertiary/aromatic N) is 1. The summed E-state index contributed by atoms with van der Waals surface area (Å²) in [5.74, 6) is -0.0270. The lowest BCUT2D eigenvalue weighted by molar-refractivity contribution is -0.121. The Morgan fingerprint density at radius 1 is 1.24 bits per heavy atom. The van der Waals surface area contributed by atoms with Crippen LogP contribution < -0.4 is 15.4 Å². The highest BCUT2D eigenvalue weighted by Gasteiger charge is 2.31. The first-order chi connectivity index (χ1) is 14.1. The fourth-order valence-corrected chi connectivity index (χ4v) is 4.05. The number of hydrogen-bond donors (Lipinski definition) is 2. The monoisotopic (exact) mass is 407 g/mol. The van der Waals surface area contributed by atoms with Crippen molar-refractivity contribution in [2.75, 3.05) is 12.9 Å². The van der Waals surface area contributed by atoms with Gasteiger partial charge in [0, 0.05) is 24.4 Å². The van der Waals surface area contributed by atoms with E-state index in [1.807, 2.05) is 48.5 Å². The van der Waals surface area contributed by atoms with E-state index in [0.29, 0.717) is 22.9 Å². The molecule has 0 saturated carbocycles. The molecule has 2 N–H and O–H groups in total. The van der Waals surface area contributed by atoms with Crippen LogP contribution in [-0.2, 0) is 16.1 Å². The van der Waals surface area contributed by atoms with Crippen LogP contribution in [-0.4, -0.2) is 24.7 Å². The second-order valence-corrected chi connectivity index (χ2v) is 7.44. The normalized spacial score (nSPS) is 16.0. The number of thioether (sulfide) groups is 1. The summed E-state index contributed by atoms with van der Waals surface area (Å²) in [6, 6.07) is 19.2. The van der Waals surface area contributed by atoms with Gasteiger partial charge in [-0.05, 0) is 11.6 Å². The van der Waals surface area contributed by atoms with E-state index in [1.54, 1.807) is 13.2 Å². The van der Waals surface area contributed by atoms with E-state index < -0.39 is 5.92 Å². The van der Waals surface area contributed by atoms with Crippen LogP contribution in [0.2, 0.25) is 0 Å². The molecule has 1 aliphatic heterocycles. The van der Waals surface area contributed by atoms with Gasteiger partial charge in [-0.3, -0.25) is 9.59 Å². The van der Waals surface area contributed by atoms with Gasteiger partial charge in [-0.2, -0.15) is 5.26 Å². The summed E-state index contributed by atoms with van der Waals surface area (Å²) in [6.45, 7) is 0.431. The van der Waals surface area contributed by atoms with Gasteiger partial charge in [0.1, 0.15) is 5.75 Å². The van der Waals surface area contributed by atoms with Crippen LogP contribution in [0.4, 0.5) is 0 Å². The summed E-state index contributed by atoms with van der Waals surface area (Å²) < 4.78 is 5.40. The molecule has 1 atom stereocenters. The van der Waals surface area contributed by atoms with Crippen molar-refractivity contribution in [3.8, 4) is 11.8 Å². The number of methoxy groups -OCH3 is 1. The predicted molar refractivity (Wildman–Crippen MR) is 112 cm³/mol. The van der Waals surface area contributed by atoms with E-state index in [1.165, 1.54) is 0 Å². The average molecular weight is 407 g/mol. The van der Waals surface area contributed by atoms with E-state index in [-0.39, 0.29) is 24.0 Å². The number of rotatable bonds is 7. The van der Waals surface area contributed by atoms with Crippen LogP contribution in [0.25, 0.3) is 0 Å². The minimum Gasteiger partial charge on any atom is -0.496 e. The van der Waals surface area contributed by atoms with Crippen LogP contribution >= 0.6 is 11.8 Å². The molecule has 1 heterocycles. The third-order valence-electron chi connectivity index (χ3n) is 4.55. The highest BCUT2D eigenvalue weighted by Crippen LogP contribution is 2.39. The highest BCUT2D eigenvalue weighted by atomic mass is 32.2. The molecule has 0 spiro atoms. The maximum absolute atomic E-state index is 12.3. The molecule has 2 amide bonds. The third-order valence-corrected chi connectivity index (χ3v) is 5.57. The molecule has 2 aromatic carbocycles. The molecular formula is C22H21N3O3S. The number of amides is 2. The van der Waals surface area contributed by atoms with Gasteiger partial charge >= 0.3 is 0 Å². The van der Waals surface area contributed by atoms with Crippen LogP contribution in [0.15, 0.2) is 65.2 Å². The second kappa shape index (κ2) is 9.80. The van der Waals surface area contributed by atoms with Gasteiger partial charge in [0.25, 0.3) is 0 Å². The predicted octanol–water partition coefficient (Wildman–Crippen LogP) is 3.08. The number of carbonyl (C=O) groups excluding carboxylic acids is 2. The van der Waals surface area contributed by atoms with E-state index in [4.69, 9.17) is 4.74 Å². The molecule has 29 heavy (non-hydrogen) atoms. The van der Waals surface area contributed by atoms with E-state index in [0.717, 1.165) is 22.9 Å². The van der Waals surface area contributed by atoms with Gasteiger partial charge in [0.15, 0.2) is 0 Å². The molecule has 2 aromatic rings. The van der Waals surface area contributed by atoms with Crippen LogP contribution in [0, 0.1) is 11.3 Å². The van der Waals surface area contributed by atoms with Crippen LogP contribution in [0.5, 0.6) is 5.75 Å². The summed E-state index contributed by atoms with van der Waals surface area (Å²) >= 11 is 1.16. The van der Waals surface area contributed by atoms with E-state index in [2.05, 4.69) is 16.7 Å². The highest BCUT2D eigenvalue weighted by molar-refractivity contribution is 8.03. The maximum Gasteiger partial charge on any atom is 0.230 e. The van der Waals surface area contributed by atoms with Crippen molar-refractivity contribution in [2.45, 2.75) is 18.9 Å². The SMILES string of the molecule is COc1ccccc1[C@H]1CC(=O)NC(SCC(=O)NCc2ccccc2)=C1C#N. The van der Waals surface area contributed by atoms with Crippen molar-refractivity contribution in [1.29, 1.82) is 5.26 Å². The minimum atomic E-state index is -0.403. The first-order valence-electron chi connectivity index (χ1n) is 9.12. The van der Waals surface area contributed by atoms with Crippen molar-refractivity contribution in [1.82, 2.24) is 10.6 Å². The van der Waals surface area contributed by atoms with Crippen molar-refractivity contribution >= 4 is 23.6 Å². The standard InChI is InChI=1S/C22H21N3O3S/c1-28-19-10-6-5-9-16(19)17-11-20(26)25-22(18(17)12-23)29-14-21(27)24-13-15-7-3-2-4-8-15/h2-10,17H,11,13-14H2,1H3,(H,24,27)(H,25,26)/t17-/m1/s1. The number of carbonyl (C=O) groups is 2. The van der Waals surface area contributed by atoms with Crippen LogP contribution in [0.1, 0.15) is 23.5 Å². The molecule has 0 saturated heterocycles. The molecule has 0 aromatic heterocycles. The summed E-state index contributed by atoms with van der Waals surface area (Å²) in [5, 5.41) is 15.8. The number of nitrogens with one attached hydrogen (secondary N) is 2. The molecule has 0 aliphatic carbocycles. The Kier molecular flexibility index (Phi) is 6.93. The summed E-state index contributed by atoms with van der Waals surface area (Å²) in [4.78, 5) is 24.5. The van der Waals surface area contributed by atoms with Crippen molar-refractivity contribution in [2.24, 2.45) is 0 Å². The summed E-state index contributed by atoms with van der Waals surface area (Å²) in [6.07, 6.45) is 0.160. The fourth-order valence-electron chi connectivity index (χ4n) is 3.14. The lowest BCUT2D eigenvalue weighted by Gasteiger charge is -2.26. The summed E-state index contributed by atoms with van der Waals surface area (Å²) in [7, 11) is 1.56. The molecule has 0 unspecified atom stereocenters. The number of para-hydroxylation sites is 1. The fraction of sp³-hybridized carbons (Fsp3) is 0.227. The van der Waals surface area contributed by atoms with Gasteiger partial charge in [-0.1, -0.05) is 60.3 Å². The Morgan fingerprint density at radius 2 is 1.97 bits per heavy atom. The zero-order valence-corrected chi connectivity index (χ0v) is 16.8. The summed E-state index contributed by atoms with van der Waals surface area (Å²) in [5.41, 5.74) is 2.23. The maximum atomic E-state index is 12.3. The van der Waals surface area contributed by atoms with Gasteiger partial charge in [0.2, 0.25) is 11.8 Å². The quantitative estimate of drug-likeness (QED) is 0.736. The molecule has 1 aliphatic rings. The van der Waals surface area contributed by atoms with Gasteiger partial charge in [0.05, 0.1) is 29.5 Å². The zero-order chi connectivity index (χ0) is 20.6. The number of ether oxygens (including phenoxy) is 1. The number of benzene rings is 2. The molecule has 148 valence electrons. The second-order valence-electron chi connectivity index (χ2n) is 6.45. The average Bonchev–Trinajstić information content (AvgIpc) is 2.76. The number of hydrogen-bond acceptors (Lipinski definition) is 5. The van der Waals surface area contributed by atoms with Gasteiger partial charge in [-0.15, -0.1) is 0 Å². The molecule has 0 radical (unpaired) electrons. The largest absolute Gasteiger partial charge is 0.496 e. The van der Waals surface area contributed by atoms with E-state index in [9.17, 15) is 14.9 Å². The topological polar surface area (TPSA) is 91.2 Å². The Bertz CT molecular complexity index is 967. The van der Waals surface area contributed by atoms with Gasteiger partial charge < -0.3 is 15.4 Å². The number of nitriles is 1. The third kappa shape index (κ3) is 5.18. The first-order valence-corrected chi connectivity index (χ1v) is 10.1. The lowest BCUT2D eigenvalue weighted by atomic mass is 9.86. The molecule has 0 fully saturated rings. The molecular weight excluding hydrogens is 386 g/mol. The van der Waals surface area contributed by atoms with Crippen molar-refractivity contribution < 1.29 is 14.3 Å². The molecule has 3 rings (SSSR count).